The number of amides is 2. The molecule has 2 rings (SSSR count). The maximum atomic E-state index is 12.4. The monoisotopic (exact) mass is 316 g/mol. The van der Waals surface area contributed by atoms with Crippen LogP contribution in [0.3, 0.4) is 0 Å². The molecule has 0 saturated heterocycles. The molecule has 6 nitrogen and oxygen atoms in total. The second-order valence-corrected chi connectivity index (χ2v) is 5.24. The summed E-state index contributed by atoms with van der Waals surface area (Å²) in [5.74, 6) is -0.659. The third-order valence-corrected chi connectivity index (χ3v) is 3.70. The molecule has 6 heteroatoms. The number of allylic oxidation sites excluding steroid dienone is 1. The Morgan fingerprint density at radius 3 is 2.48 bits per heavy atom. The topological polar surface area (TPSA) is 75.7 Å². The fraction of sp³-hybridized carbons (Fsp3) is 0.353. The SMILES string of the molecule is CCOC(=O)CN1C(=O)N[C@@H](c2ccccc2)C(C(C)=O)=C1C. The summed E-state index contributed by atoms with van der Waals surface area (Å²) in [6.45, 7) is 4.84. The van der Waals surface area contributed by atoms with Crippen LogP contribution in [0.4, 0.5) is 4.79 Å². The van der Waals surface area contributed by atoms with Crippen LogP contribution in [0.5, 0.6) is 0 Å². The van der Waals surface area contributed by atoms with E-state index in [9.17, 15) is 14.4 Å². The molecule has 1 atom stereocenters. The average Bonchev–Trinajstić information content (AvgIpc) is 2.51. The van der Waals surface area contributed by atoms with Crippen LogP contribution >= 0.6 is 0 Å². The summed E-state index contributed by atoms with van der Waals surface area (Å²) in [6.07, 6.45) is 0. The van der Waals surface area contributed by atoms with Crippen molar-refractivity contribution < 1.29 is 19.1 Å². The zero-order valence-corrected chi connectivity index (χ0v) is 13.5. The number of hydrogen-bond donors (Lipinski definition) is 1. The van der Waals surface area contributed by atoms with Gasteiger partial charge in [-0.15, -0.1) is 0 Å². The molecule has 1 heterocycles. The minimum absolute atomic E-state index is 0.148. The average molecular weight is 316 g/mol. The Labute approximate surface area is 135 Å². The molecular formula is C17H20N2O4. The lowest BCUT2D eigenvalue weighted by Crippen LogP contribution is -2.49. The van der Waals surface area contributed by atoms with Gasteiger partial charge in [-0.2, -0.15) is 0 Å². The number of urea groups is 1. The van der Waals surface area contributed by atoms with Gasteiger partial charge >= 0.3 is 12.0 Å². The molecule has 2 amide bonds. The predicted octanol–water partition coefficient (Wildman–Crippen LogP) is 2.18. The van der Waals surface area contributed by atoms with E-state index in [1.165, 1.54) is 11.8 Å². The summed E-state index contributed by atoms with van der Waals surface area (Å²) in [4.78, 5) is 37.4. The van der Waals surface area contributed by atoms with Crippen LogP contribution in [0, 0.1) is 0 Å². The fourth-order valence-corrected chi connectivity index (χ4v) is 2.66. The highest BCUT2D eigenvalue weighted by Gasteiger charge is 2.34. The summed E-state index contributed by atoms with van der Waals surface area (Å²) in [5.41, 5.74) is 1.77. The van der Waals surface area contributed by atoms with Gasteiger partial charge in [0.15, 0.2) is 5.78 Å². The van der Waals surface area contributed by atoms with Crippen molar-refractivity contribution >= 4 is 17.8 Å². The van der Waals surface area contributed by atoms with Crippen molar-refractivity contribution in [3.63, 3.8) is 0 Å². The van der Waals surface area contributed by atoms with Gasteiger partial charge < -0.3 is 10.1 Å². The highest BCUT2D eigenvalue weighted by Crippen LogP contribution is 2.30. The Morgan fingerprint density at radius 2 is 1.91 bits per heavy atom. The van der Waals surface area contributed by atoms with Crippen molar-refractivity contribution in [3.8, 4) is 0 Å². The molecule has 0 unspecified atom stereocenters. The highest BCUT2D eigenvalue weighted by atomic mass is 16.5. The summed E-state index contributed by atoms with van der Waals surface area (Å²) in [5, 5.41) is 2.79. The second-order valence-electron chi connectivity index (χ2n) is 5.24. The maximum absolute atomic E-state index is 12.4. The van der Waals surface area contributed by atoms with Crippen LogP contribution in [0.25, 0.3) is 0 Å². The van der Waals surface area contributed by atoms with E-state index in [0.717, 1.165) is 5.56 Å². The molecule has 122 valence electrons. The largest absolute Gasteiger partial charge is 0.465 e. The lowest BCUT2D eigenvalue weighted by molar-refractivity contribution is -0.143. The first kappa shape index (κ1) is 16.7. The maximum Gasteiger partial charge on any atom is 0.326 e. The molecule has 1 aliphatic rings. The molecule has 1 N–H and O–H groups in total. The Balaban J connectivity index is 2.39. The molecule has 0 bridgehead atoms. The normalized spacial score (nSPS) is 17.8. The molecule has 0 aromatic heterocycles. The van der Waals surface area contributed by atoms with Gasteiger partial charge in [0.1, 0.15) is 6.54 Å². The van der Waals surface area contributed by atoms with Crippen LogP contribution < -0.4 is 5.32 Å². The first-order valence-corrected chi connectivity index (χ1v) is 7.46. The van der Waals surface area contributed by atoms with Gasteiger partial charge in [-0.25, -0.2) is 4.79 Å². The van der Waals surface area contributed by atoms with Crippen molar-refractivity contribution in [2.45, 2.75) is 26.8 Å². The number of nitrogens with one attached hydrogen (secondary N) is 1. The van der Waals surface area contributed by atoms with Crippen LogP contribution in [-0.2, 0) is 14.3 Å². The van der Waals surface area contributed by atoms with Gasteiger partial charge in [-0.1, -0.05) is 30.3 Å². The number of nitrogens with zero attached hydrogens (tertiary/aromatic N) is 1. The van der Waals surface area contributed by atoms with Crippen molar-refractivity contribution in [1.82, 2.24) is 10.2 Å². The lowest BCUT2D eigenvalue weighted by atomic mass is 9.92. The fourth-order valence-electron chi connectivity index (χ4n) is 2.66. The lowest BCUT2D eigenvalue weighted by Gasteiger charge is -2.35. The van der Waals surface area contributed by atoms with E-state index < -0.39 is 18.0 Å². The van der Waals surface area contributed by atoms with Gasteiger partial charge in [-0.05, 0) is 26.3 Å². The van der Waals surface area contributed by atoms with E-state index >= 15 is 0 Å². The number of ether oxygens (including phenoxy) is 1. The van der Waals surface area contributed by atoms with Crippen molar-refractivity contribution in [3.05, 3.63) is 47.2 Å². The van der Waals surface area contributed by atoms with E-state index in [1.54, 1.807) is 13.8 Å². The Hall–Kier alpha value is -2.63. The Kier molecular flexibility index (Phi) is 5.16. The van der Waals surface area contributed by atoms with Crippen molar-refractivity contribution in [2.75, 3.05) is 13.2 Å². The van der Waals surface area contributed by atoms with Crippen LogP contribution in [-0.4, -0.2) is 35.8 Å². The van der Waals surface area contributed by atoms with Gasteiger partial charge in [0.25, 0.3) is 0 Å². The zero-order chi connectivity index (χ0) is 17.0. The number of esters is 1. The van der Waals surface area contributed by atoms with Gasteiger partial charge in [0, 0.05) is 11.3 Å². The van der Waals surface area contributed by atoms with Crippen molar-refractivity contribution in [1.29, 1.82) is 0 Å². The molecule has 0 aliphatic carbocycles. The van der Waals surface area contributed by atoms with Gasteiger partial charge in [0.05, 0.1) is 12.6 Å². The van der Waals surface area contributed by atoms with Crippen LogP contribution in [0.2, 0.25) is 0 Å². The molecule has 0 fully saturated rings. The number of carbonyl (C=O) groups excluding carboxylic acids is 3. The molecule has 1 aliphatic heterocycles. The molecular weight excluding hydrogens is 296 g/mol. The van der Waals surface area contributed by atoms with Crippen LogP contribution in [0.1, 0.15) is 32.4 Å². The summed E-state index contributed by atoms with van der Waals surface area (Å²) in [7, 11) is 0. The van der Waals surface area contributed by atoms with Crippen molar-refractivity contribution in [2.24, 2.45) is 0 Å². The zero-order valence-electron chi connectivity index (χ0n) is 13.5. The van der Waals surface area contributed by atoms with Gasteiger partial charge in [-0.3, -0.25) is 14.5 Å². The van der Waals surface area contributed by atoms with E-state index in [0.29, 0.717) is 11.3 Å². The first-order chi connectivity index (χ1) is 11.0. The smallest absolute Gasteiger partial charge is 0.326 e. The van der Waals surface area contributed by atoms with Crippen LogP contribution in [0.15, 0.2) is 41.6 Å². The van der Waals surface area contributed by atoms with Gasteiger partial charge in [0.2, 0.25) is 0 Å². The summed E-state index contributed by atoms with van der Waals surface area (Å²) < 4.78 is 4.88. The molecule has 0 radical (unpaired) electrons. The molecule has 23 heavy (non-hydrogen) atoms. The number of carbonyl (C=O) groups is 3. The third kappa shape index (κ3) is 3.59. The van der Waals surface area contributed by atoms with E-state index in [2.05, 4.69) is 5.32 Å². The standard InChI is InChI=1S/C17H20N2O4/c1-4-23-14(21)10-19-11(2)15(12(3)20)16(18-17(19)22)13-8-6-5-7-9-13/h5-9,16H,4,10H2,1-3H3,(H,18,22)/t16-/m0/s1. The second kappa shape index (κ2) is 7.09. The minimum atomic E-state index is -0.514. The third-order valence-electron chi connectivity index (χ3n) is 3.70. The number of hydrogen-bond acceptors (Lipinski definition) is 4. The molecule has 0 spiro atoms. The molecule has 1 aromatic carbocycles. The number of rotatable bonds is 5. The minimum Gasteiger partial charge on any atom is -0.465 e. The predicted molar refractivity (Wildman–Crippen MR) is 84.4 cm³/mol. The Bertz CT molecular complexity index is 652. The molecule has 0 saturated carbocycles. The molecule has 1 aromatic rings. The van der Waals surface area contributed by atoms with E-state index in [-0.39, 0.29) is 18.9 Å². The highest BCUT2D eigenvalue weighted by molar-refractivity contribution is 5.99. The summed E-state index contributed by atoms with van der Waals surface area (Å²) in [6, 6.07) is 8.32. The summed E-state index contributed by atoms with van der Waals surface area (Å²) >= 11 is 0. The quantitative estimate of drug-likeness (QED) is 0.845. The first-order valence-electron chi connectivity index (χ1n) is 7.46. The Morgan fingerprint density at radius 1 is 1.26 bits per heavy atom. The van der Waals surface area contributed by atoms with E-state index in [4.69, 9.17) is 4.74 Å². The number of ketones is 1. The number of Topliss-reactive ketones (excluding diaryl/α,β-unsaturated/α-hetero) is 1. The van der Waals surface area contributed by atoms with E-state index in [1.807, 2.05) is 30.3 Å². The number of benzene rings is 1.